The highest BCUT2D eigenvalue weighted by molar-refractivity contribution is 7.98. The van der Waals surface area contributed by atoms with Crippen LogP contribution in [0.4, 0.5) is 5.82 Å². The van der Waals surface area contributed by atoms with Crippen LogP contribution in [0.1, 0.15) is 18.5 Å². The Morgan fingerprint density at radius 1 is 1.41 bits per heavy atom. The second kappa shape index (κ2) is 5.86. The number of aromatic nitrogens is 4. The van der Waals surface area contributed by atoms with Crippen molar-refractivity contribution in [3.63, 3.8) is 0 Å². The Kier molecular flexibility index (Phi) is 4.19. The first-order valence-electron chi connectivity index (χ1n) is 5.71. The highest BCUT2D eigenvalue weighted by atomic mass is 32.2. The molecular weight excluding hydrogens is 234 g/mol. The Hall–Kier alpha value is -1.30. The molecule has 1 N–H and O–H groups in total. The second-order valence-electron chi connectivity index (χ2n) is 3.88. The molecule has 6 heteroatoms. The summed E-state index contributed by atoms with van der Waals surface area (Å²) >= 11 is 1.89. The van der Waals surface area contributed by atoms with Crippen LogP contribution in [0.25, 0.3) is 5.78 Å². The molecule has 0 aromatic carbocycles. The summed E-state index contributed by atoms with van der Waals surface area (Å²) in [6, 6.07) is 2.00. The lowest BCUT2D eigenvalue weighted by atomic mass is 10.3. The maximum atomic E-state index is 4.30. The second-order valence-corrected chi connectivity index (χ2v) is 4.87. The molecule has 0 aliphatic carbocycles. The Morgan fingerprint density at radius 3 is 3.12 bits per heavy atom. The third kappa shape index (κ3) is 3.09. The minimum atomic E-state index is 0.650. The molecule has 2 aromatic rings. The lowest BCUT2D eigenvalue weighted by Crippen LogP contribution is -2.08. The monoisotopic (exact) mass is 251 g/mol. The van der Waals surface area contributed by atoms with Crippen molar-refractivity contribution in [2.75, 3.05) is 23.9 Å². The molecule has 0 aliphatic heterocycles. The maximum absolute atomic E-state index is 4.30. The fourth-order valence-corrected chi connectivity index (χ4v) is 2.14. The zero-order valence-corrected chi connectivity index (χ0v) is 11.0. The molecule has 0 saturated carbocycles. The van der Waals surface area contributed by atoms with Crippen molar-refractivity contribution in [1.29, 1.82) is 0 Å². The number of unbranched alkanes of at least 4 members (excludes halogenated alkanes) is 1. The van der Waals surface area contributed by atoms with E-state index in [1.165, 1.54) is 24.9 Å². The van der Waals surface area contributed by atoms with E-state index in [4.69, 9.17) is 0 Å². The number of thioether (sulfide) groups is 1. The number of anilines is 1. The number of rotatable bonds is 6. The van der Waals surface area contributed by atoms with Crippen LogP contribution in [-0.4, -0.2) is 38.1 Å². The van der Waals surface area contributed by atoms with Crippen molar-refractivity contribution in [1.82, 2.24) is 19.6 Å². The van der Waals surface area contributed by atoms with Crippen molar-refractivity contribution < 1.29 is 0 Å². The molecule has 92 valence electrons. The van der Waals surface area contributed by atoms with Gasteiger partial charge in [0.15, 0.2) is 0 Å². The van der Waals surface area contributed by atoms with Gasteiger partial charge in [0, 0.05) is 18.3 Å². The number of fused-ring (bicyclic) bond motifs is 1. The van der Waals surface area contributed by atoms with Gasteiger partial charge in [-0.1, -0.05) is 0 Å². The highest BCUT2D eigenvalue weighted by Crippen LogP contribution is 2.10. The number of hydrogen-bond acceptors (Lipinski definition) is 5. The summed E-state index contributed by atoms with van der Waals surface area (Å²) in [6.45, 7) is 2.92. The molecule has 5 nitrogen and oxygen atoms in total. The first-order chi connectivity index (χ1) is 8.31. The van der Waals surface area contributed by atoms with Crippen molar-refractivity contribution in [2.45, 2.75) is 19.8 Å². The van der Waals surface area contributed by atoms with Gasteiger partial charge < -0.3 is 5.32 Å². The summed E-state index contributed by atoms with van der Waals surface area (Å²) in [6.07, 6.45) is 6.07. The maximum Gasteiger partial charge on any atom is 0.254 e. The minimum Gasteiger partial charge on any atom is -0.370 e. The van der Waals surface area contributed by atoms with Gasteiger partial charge in [0.1, 0.15) is 12.1 Å². The van der Waals surface area contributed by atoms with Crippen LogP contribution < -0.4 is 5.32 Å². The molecule has 2 rings (SSSR count). The smallest absolute Gasteiger partial charge is 0.254 e. The molecule has 0 unspecified atom stereocenters. The van der Waals surface area contributed by atoms with Crippen LogP contribution in [0.3, 0.4) is 0 Å². The number of nitrogens with one attached hydrogen (secondary N) is 1. The third-order valence-corrected chi connectivity index (χ3v) is 3.16. The van der Waals surface area contributed by atoms with Gasteiger partial charge in [0.25, 0.3) is 5.78 Å². The van der Waals surface area contributed by atoms with E-state index in [1.807, 2.05) is 24.8 Å². The Morgan fingerprint density at radius 2 is 2.29 bits per heavy atom. The van der Waals surface area contributed by atoms with Crippen molar-refractivity contribution >= 4 is 23.4 Å². The van der Waals surface area contributed by atoms with Crippen molar-refractivity contribution in [3.8, 4) is 0 Å². The summed E-state index contributed by atoms with van der Waals surface area (Å²) in [5.74, 6) is 2.83. The summed E-state index contributed by atoms with van der Waals surface area (Å²) in [5, 5.41) is 7.54. The van der Waals surface area contributed by atoms with Gasteiger partial charge in [-0.15, -0.1) is 0 Å². The Bertz CT molecular complexity index is 482. The molecule has 0 fully saturated rings. The quantitative estimate of drug-likeness (QED) is 0.796. The van der Waals surface area contributed by atoms with Crippen LogP contribution in [0, 0.1) is 6.92 Å². The van der Waals surface area contributed by atoms with Gasteiger partial charge in [-0.2, -0.15) is 26.4 Å². The summed E-state index contributed by atoms with van der Waals surface area (Å²) in [5.41, 5.74) is 0.956. The largest absolute Gasteiger partial charge is 0.370 e. The average Bonchev–Trinajstić information content (AvgIpc) is 2.76. The molecule has 0 spiro atoms. The normalized spacial score (nSPS) is 10.9. The van der Waals surface area contributed by atoms with E-state index >= 15 is 0 Å². The number of nitrogens with zero attached hydrogens (tertiary/aromatic N) is 4. The molecule has 0 aliphatic rings. The lowest BCUT2D eigenvalue weighted by Gasteiger charge is -2.08. The Balaban J connectivity index is 2.00. The van der Waals surface area contributed by atoms with E-state index in [0.29, 0.717) is 5.78 Å². The molecule has 2 heterocycles. The Labute approximate surface area is 105 Å². The molecule has 0 atom stereocenters. The summed E-state index contributed by atoms with van der Waals surface area (Å²) < 4.78 is 1.74. The van der Waals surface area contributed by atoms with Gasteiger partial charge in [-0.3, -0.25) is 0 Å². The fraction of sp³-hybridized carbons (Fsp3) is 0.545. The van der Waals surface area contributed by atoms with Gasteiger partial charge in [0.05, 0.1) is 0 Å². The van der Waals surface area contributed by atoms with Crippen LogP contribution in [0.2, 0.25) is 0 Å². The van der Waals surface area contributed by atoms with Crippen molar-refractivity contribution in [2.24, 2.45) is 0 Å². The van der Waals surface area contributed by atoms with Crippen LogP contribution in [0.5, 0.6) is 0 Å². The standard InChI is InChI=1S/C11H17N5S/c1-9-7-10(12-5-3-4-6-17-2)16-11(15-9)13-8-14-16/h7-8,12H,3-6H2,1-2H3. The average molecular weight is 251 g/mol. The van der Waals surface area contributed by atoms with E-state index in [0.717, 1.165) is 18.1 Å². The number of aryl methyl sites for hydroxylation is 1. The zero-order chi connectivity index (χ0) is 12.1. The van der Waals surface area contributed by atoms with Crippen LogP contribution in [0.15, 0.2) is 12.4 Å². The summed E-state index contributed by atoms with van der Waals surface area (Å²) in [4.78, 5) is 8.40. The molecule has 0 saturated heterocycles. The van der Waals surface area contributed by atoms with Gasteiger partial charge in [-0.05, 0) is 31.8 Å². The molecule has 0 radical (unpaired) electrons. The van der Waals surface area contributed by atoms with E-state index in [9.17, 15) is 0 Å². The first kappa shape index (κ1) is 12.2. The minimum absolute atomic E-state index is 0.650. The molecular formula is C11H17N5S. The van der Waals surface area contributed by atoms with Gasteiger partial charge >= 0.3 is 0 Å². The molecule has 2 aromatic heterocycles. The topological polar surface area (TPSA) is 55.1 Å². The first-order valence-corrected chi connectivity index (χ1v) is 7.11. The SMILES string of the molecule is CSCCCCNc1cc(C)nc2ncnn12. The predicted octanol–water partition coefficient (Wildman–Crippen LogP) is 1.99. The predicted molar refractivity (Wildman–Crippen MR) is 71.6 cm³/mol. The van der Waals surface area contributed by atoms with Crippen LogP contribution >= 0.6 is 11.8 Å². The van der Waals surface area contributed by atoms with Crippen molar-refractivity contribution in [3.05, 3.63) is 18.1 Å². The fourth-order valence-electron chi connectivity index (χ4n) is 1.64. The van der Waals surface area contributed by atoms with Gasteiger partial charge in [0.2, 0.25) is 0 Å². The zero-order valence-electron chi connectivity index (χ0n) is 10.2. The van der Waals surface area contributed by atoms with Gasteiger partial charge in [-0.25, -0.2) is 4.98 Å². The molecule has 0 amide bonds. The van der Waals surface area contributed by atoms with Crippen LogP contribution in [-0.2, 0) is 0 Å². The third-order valence-electron chi connectivity index (χ3n) is 2.46. The van der Waals surface area contributed by atoms with E-state index < -0.39 is 0 Å². The molecule has 0 bridgehead atoms. The highest BCUT2D eigenvalue weighted by Gasteiger charge is 2.04. The lowest BCUT2D eigenvalue weighted by molar-refractivity contribution is 0.826. The van der Waals surface area contributed by atoms with E-state index in [2.05, 4.69) is 26.6 Å². The number of hydrogen-bond donors (Lipinski definition) is 1. The summed E-state index contributed by atoms with van der Waals surface area (Å²) in [7, 11) is 0. The van der Waals surface area contributed by atoms with E-state index in [-0.39, 0.29) is 0 Å². The van der Waals surface area contributed by atoms with E-state index in [1.54, 1.807) is 4.52 Å². The molecule has 17 heavy (non-hydrogen) atoms.